The largest absolute Gasteiger partial charge is 0.315 e. The van der Waals surface area contributed by atoms with E-state index in [0.29, 0.717) is 20.1 Å². The van der Waals surface area contributed by atoms with E-state index in [-0.39, 0.29) is 6.04 Å². The molecule has 0 spiro atoms. The van der Waals surface area contributed by atoms with Crippen molar-refractivity contribution in [3.63, 3.8) is 0 Å². The number of hydrogen-bond donors (Lipinski definition) is 1. The highest BCUT2D eigenvalue weighted by molar-refractivity contribution is 6.42. The fourth-order valence-electron chi connectivity index (χ4n) is 3.14. The van der Waals surface area contributed by atoms with Gasteiger partial charge in [-0.05, 0) is 42.3 Å². The molecule has 24 heavy (non-hydrogen) atoms. The first kappa shape index (κ1) is 18.3. The number of rotatable bonds is 3. The van der Waals surface area contributed by atoms with Crippen molar-refractivity contribution >= 4 is 46.4 Å². The van der Waals surface area contributed by atoms with Crippen molar-refractivity contribution in [2.75, 3.05) is 26.2 Å². The number of benzene rings is 2. The fraction of sp³-hybridized carbons (Fsp3) is 0.333. The Kier molecular flexibility index (Phi) is 6.31. The van der Waals surface area contributed by atoms with E-state index >= 15 is 0 Å². The lowest BCUT2D eigenvalue weighted by atomic mass is 9.96. The van der Waals surface area contributed by atoms with Crippen LogP contribution in [0.1, 0.15) is 23.6 Å². The quantitative estimate of drug-likeness (QED) is 0.708. The molecule has 0 aromatic heterocycles. The molecule has 0 saturated carbocycles. The minimum Gasteiger partial charge on any atom is -0.315 e. The van der Waals surface area contributed by atoms with Crippen LogP contribution in [0.15, 0.2) is 36.4 Å². The van der Waals surface area contributed by atoms with Gasteiger partial charge in [-0.25, -0.2) is 0 Å². The van der Waals surface area contributed by atoms with Gasteiger partial charge in [-0.1, -0.05) is 64.6 Å². The van der Waals surface area contributed by atoms with E-state index in [4.69, 9.17) is 46.4 Å². The highest BCUT2D eigenvalue weighted by Gasteiger charge is 2.27. The molecule has 128 valence electrons. The second-order valence-electron chi connectivity index (χ2n) is 5.85. The zero-order valence-corrected chi connectivity index (χ0v) is 16.1. The summed E-state index contributed by atoms with van der Waals surface area (Å²) in [4.78, 5) is 2.40. The van der Waals surface area contributed by atoms with Gasteiger partial charge in [0, 0.05) is 29.7 Å². The Morgan fingerprint density at radius 3 is 2.50 bits per heavy atom. The van der Waals surface area contributed by atoms with Crippen molar-refractivity contribution in [3.8, 4) is 0 Å². The van der Waals surface area contributed by atoms with Crippen molar-refractivity contribution in [3.05, 3.63) is 67.6 Å². The Morgan fingerprint density at radius 2 is 1.71 bits per heavy atom. The van der Waals surface area contributed by atoms with E-state index in [9.17, 15) is 0 Å². The van der Waals surface area contributed by atoms with Crippen LogP contribution in [0.2, 0.25) is 20.1 Å². The lowest BCUT2D eigenvalue weighted by Gasteiger charge is -2.32. The normalized spacial score (nSPS) is 17.5. The van der Waals surface area contributed by atoms with Crippen molar-refractivity contribution in [1.82, 2.24) is 10.2 Å². The van der Waals surface area contributed by atoms with Crippen LogP contribution in [-0.2, 0) is 0 Å². The van der Waals surface area contributed by atoms with E-state index in [1.807, 2.05) is 24.3 Å². The van der Waals surface area contributed by atoms with Gasteiger partial charge in [0.05, 0.1) is 16.1 Å². The molecule has 3 rings (SSSR count). The van der Waals surface area contributed by atoms with Gasteiger partial charge >= 0.3 is 0 Å². The van der Waals surface area contributed by atoms with Crippen molar-refractivity contribution in [2.45, 2.75) is 12.5 Å². The fourth-order valence-corrected chi connectivity index (χ4v) is 4.06. The molecular formula is C18H18Cl4N2. The van der Waals surface area contributed by atoms with Gasteiger partial charge in [-0.3, -0.25) is 4.90 Å². The standard InChI is InChI=1S/C18H18Cl4N2/c19-12-5-6-13(16(21)11-12)18(24-9-2-7-23-8-10-24)14-3-1-4-15(20)17(14)22/h1,3-6,11,18,23H,2,7-10H2. The predicted octanol–water partition coefficient (Wildman–Crippen LogP) is 5.68. The Labute approximate surface area is 162 Å². The Balaban J connectivity index is 2.11. The Bertz CT molecular complexity index is 712. The summed E-state index contributed by atoms with van der Waals surface area (Å²) < 4.78 is 0. The van der Waals surface area contributed by atoms with Gasteiger partial charge in [0.1, 0.15) is 0 Å². The van der Waals surface area contributed by atoms with Gasteiger partial charge in [-0.2, -0.15) is 0 Å². The molecule has 2 aromatic rings. The molecule has 1 saturated heterocycles. The first-order valence-corrected chi connectivity index (χ1v) is 9.42. The van der Waals surface area contributed by atoms with Gasteiger partial charge in [0.25, 0.3) is 0 Å². The number of hydrogen-bond acceptors (Lipinski definition) is 2. The van der Waals surface area contributed by atoms with Crippen LogP contribution in [0.25, 0.3) is 0 Å². The van der Waals surface area contributed by atoms with E-state index < -0.39 is 0 Å². The van der Waals surface area contributed by atoms with Crippen molar-refractivity contribution in [1.29, 1.82) is 0 Å². The number of halogens is 4. The van der Waals surface area contributed by atoms with Crippen molar-refractivity contribution < 1.29 is 0 Å². The first-order chi connectivity index (χ1) is 11.6. The topological polar surface area (TPSA) is 15.3 Å². The zero-order chi connectivity index (χ0) is 17.1. The predicted molar refractivity (Wildman–Crippen MR) is 104 cm³/mol. The molecule has 0 radical (unpaired) electrons. The maximum atomic E-state index is 6.54. The third-order valence-electron chi connectivity index (χ3n) is 4.27. The van der Waals surface area contributed by atoms with Crippen LogP contribution in [0.3, 0.4) is 0 Å². The minimum atomic E-state index is -0.0548. The summed E-state index contributed by atoms with van der Waals surface area (Å²) in [6, 6.07) is 11.3. The summed E-state index contributed by atoms with van der Waals surface area (Å²) in [5, 5.41) is 5.82. The smallest absolute Gasteiger partial charge is 0.0643 e. The summed E-state index contributed by atoms with van der Waals surface area (Å²) in [5.74, 6) is 0. The second kappa shape index (κ2) is 8.27. The van der Waals surface area contributed by atoms with Gasteiger partial charge in [0.2, 0.25) is 0 Å². The molecule has 6 heteroatoms. The van der Waals surface area contributed by atoms with E-state index in [1.54, 1.807) is 12.1 Å². The average Bonchev–Trinajstić information content (AvgIpc) is 2.83. The maximum Gasteiger partial charge on any atom is 0.0643 e. The van der Waals surface area contributed by atoms with Crippen LogP contribution in [0, 0.1) is 0 Å². The third-order valence-corrected chi connectivity index (χ3v) is 5.67. The molecule has 1 aliphatic rings. The second-order valence-corrected chi connectivity index (χ2v) is 7.48. The molecule has 2 nitrogen and oxygen atoms in total. The lowest BCUT2D eigenvalue weighted by molar-refractivity contribution is 0.241. The van der Waals surface area contributed by atoms with E-state index in [0.717, 1.165) is 43.7 Å². The molecule has 1 heterocycles. The van der Waals surface area contributed by atoms with E-state index in [2.05, 4.69) is 10.2 Å². The molecular weight excluding hydrogens is 386 g/mol. The van der Waals surface area contributed by atoms with Crippen LogP contribution >= 0.6 is 46.4 Å². The molecule has 1 fully saturated rings. The maximum absolute atomic E-state index is 6.54. The SMILES string of the molecule is Clc1ccc(C(c2cccc(Cl)c2Cl)N2CCCNCC2)c(Cl)c1. The molecule has 1 N–H and O–H groups in total. The monoisotopic (exact) mass is 402 g/mol. The van der Waals surface area contributed by atoms with Crippen LogP contribution in [-0.4, -0.2) is 31.1 Å². The Morgan fingerprint density at radius 1 is 0.875 bits per heavy atom. The molecule has 1 unspecified atom stereocenters. The van der Waals surface area contributed by atoms with Gasteiger partial charge < -0.3 is 5.32 Å². The summed E-state index contributed by atoms with van der Waals surface area (Å²) >= 11 is 25.4. The van der Waals surface area contributed by atoms with Crippen LogP contribution in [0.5, 0.6) is 0 Å². The van der Waals surface area contributed by atoms with Crippen LogP contribution in [0.4, 0.5) is 0 Å². The molecule has 0 bridgehead atoms. The van der Waals surface area contributed by atoms with Crippen LogP contribution < -0.4 is 5.32 Å². The van der Waals surface area contributed by atoms with Crippen molar-refractivity contribution in [2.24, 2.45) is 0 Å². The minimum absolute atomic E-state index is 0.0548. The molecule has 2 aromatic carbocycles. The third kappa shape index (κ3) is 4.01. The Hall–Kier alpha value is -0.480. The summed E-state index contributed by atoms with van der Waals surface area (Å²) in [7, 11) is 0. The van der Waals surface area contributed by atoms with Gasteiger partial charge in [0.15, 0.2) is 0 Å². The highest BCUT2D eigenvalue weighted by Crippen LogP contribution is 2.40. The first-order valence-electron chi connectivity index (χ1n) is 7.91. The molecule has 1 atom stereocenters. The summed E-state index contributed by atoms with van der Waals surface area (Å²) in [6.07, 6.45) is 1.07. The highest BCUT2D eigenvalue weighted by atomic mass is 35.5. The molecule has 0 aliphatic carbocycles. The lowest BCUT2D eigenvalue weighted by Crippen LogP contribution is -2.33. The summed E-state index contributed by atoms with van der Waals surface area (Å²) in [5.41, 5.74) is 1.96. The number of nitrogens with zero attached hydrogens (tertiary/aromatic N) is 1. The average molecular weight is 404 g/mol. The van der Waals surface area contributed by atoms with Gasteiger partial charge in [-0.15, -0.1) is 0 Å². The number of nitrogens with one attached hydrogen (secondary N) is 1. The molecule has 1 aliphatic heterocycles. The zero-order valence-electron chi connectivity index (χ0n) is 13.0. The molecule has 0 amide bonds. The summed E-state index contributed by atoms with van der Waals surface area (Å²) in [6.45, 7) is 3.81. The van der Waals surface area contributed by atoms with E-state index in [1.165, 1.54) is 0 Å².